The summed E-state index contributed by atoms with van der Waals surface area (Å²) in [7, 11) is 1.37. The maximum atomic E-state index is 11.6. The van der Waals surface area contributed by atoms with Crippen molar-refractivity contribution in [2.24, 2.45) is 0 Å². The molecule has 0 unspecified atom stereocenters. The predicted molar refractivity (Wildman–Crippen MR) is 82.3 cm³/mol. The molecule has 0 aliphatic carbocycles. The van der Waals surface area contributed by atoms with Crippen molar-refractivity contribution in [3.8, 4) is 0 Å². The Morgan fingerprint density at radius 3 is 2.57 bits per heavy atom. The highest BCUT2D eigenvalue weighted by Crippen LogP contribution is 2.21. The fourth-order valence-corrected chi connectivity index (χ4v) is 2.55. The van der Waals surface area contributed by atoms with Crippen molar-refractivity contribution in [3.05, 3.63) is 65.2 Å². The Morgan fingerprint density at radius 1 is 1.19 bits per heavy atom. The van der Waals surface area contributed by atoms with E-state index in [9.17, 15) is 9.59 Å². The van der Waals surface area contributed by atoms with Gasteiger partial charge in [-0.3, -0.25) is 9.52 Å². The van der Waals surface area contributed by atoms with Crippen LogP contribution in [0.3, 0.4) is 0 Å². The Morgan fingerprint density at radius 2 is 1.90 bits per heavy atom. The Hall–Kier alpha value is -2.11. The van der Waals surface area contributed by atoms with Crippen molar-refractivity contribution >= 4 is 24.2 Å². The summed E-state index contributed by atoms with van der Waals surface area (Å²) in [6.45, 7) is 0.624. The number of carbonyl (C=O) groups excluding carboxylic acids is 2. The quantitative estimate of drug-likeness (QED) is 0.505. The fraction of sp³-hybridized carbons (Fsp3) is 0.125. The zero-order valence-corrected chi connectivity index (χ0v) is 12.4. The maximum Gasteiger partial charge on any atom is 0.339 e. The van der Waals surface area contributed by atoms with E-state index in [1.807, 2.05) is 24.3 Å². The standard InChI is InChI=1S/C16H15NO3S/c1-20-16(19)14-4-2-3-5-15(14)21-17-10-12-6-8-13(11-18)9-7-12/h2-9,11,17H,10H2,1H3. The van der Waals surface area contributed by atoms with Crippen LogP contribution in [0.25, 0.3) is 0 Å². The molecular weight excluding hydrogens is 286 g/mol. The molecule has 4 nitrogen and oxygen atoms in total. The van der Waals surface area contributed by atoms with Gasteiger partial charge in [0.15, 0.2) is 0 Å². The van der Waals surface area contributed by atoms with Gasteiger partial charge in [0, 0.05) is 17.0 Å². The molecule has 0 spiro atoms. The van der Waals surface area contributed by atoms with E-state index in [1.54, 1.807) is 24.3 Å². The van der Waals surface area contributed by atoms with Gasteiger partial charge < -0.3 is 4.74 Å². The van der Waals surface area contributed by atoms with Gasteiger partial charge in [-0.1, -0.05) is 36.4 Å². The summed E-state index contributed by atoms with van der Waals surface area (Å²) < 4.78 is 7.95. The first-order valence-electron chi connectivity index (χ1n) is 6.35. The van der Waals surface area contributed by atoms with E-state index in [0.29, 0.717) is 17.7 Å². The lowest BCUT2D eigenvalue weighted by Crippen LogP contribution is -2.07. The zero-order chi connectivity index (χ0) is 15.1. The fourth-order valence-electron chi connectivity index (χ4n) is 1.75. The molecule has 21 heavy (non-hydrogen) atoms. The van der Waals surface area contributed by atoms with Crippen molar-refractivity contribution in [1.82, 2.24) is 4.72 Å². The third-order valence-electron chi connectivity index (χ3n) is 2.87. The van der Waals surface area contributed by atoms with Gasteiger partial charge in [0.1, 0.15) is 6.29 Å². The van der Waals surface area contributed by atoms with Crippen LogP contribution in [0.5, 0.6) is 0 Å². The van der Waals surface area contributed by atoms with Crippen LogP contribution >= 0.6 is 11.9 Å². The van der Waals surface area contributed by atoms with Crippen LogP contribution in [0.1, 0.15) is 26.3 Å². The minimum Gasteiger partial charge on any atom is -0.465 e. The van der Waals surface area contributed by atoms with Gasteiger partial charge in [-0.15, -0.1) is 0 Å². The van der Waals surface area contributed by atoms with Crippen molar-refractivity contribution in [1.29, 1.82) is 0 Å². The molecule has 0 bridgehead atoms. The number of hydrogen-bond acceptors (Lipinski definition) is 5. The SMILES string of the molecule is COC(=O)c1ccccc1SNCc1ccc(C=O)cc1. The summed E-state index contributed by atoms with van der Waals surface area (Å²) in [5.41, 5.74) is 2.25. The van der Waals surface area contributed by atoms with E-state index < -0.39 is 0 Å². The Kier molecular flexibility index (Phi) is 5.54. The second kappa shape index (κ2) is 7.61. The van der Waals surface area contributed by atoms with Crippen molar-refractivity contribution in [3.63, 3.8) is 0 Å². The first-order valence-corrected chi connectivity index (χ1v) is 7.17. The van der Waals surface area contributed by atoms with Gasteiger partial charge in [-0.25, -0.2) is 4.79 Å². The van der Waals surface area contributed by atoms with E-state index >= 15 is 0 Å². The summed E-state index contributed by atoms with van der Waals surface area (Å²) in [5.74, 6) is -0.352. The monoisotopic (exact) mass is 301 g/mol. The molecule has 2 rings (SSSR count). The number of ether oxygens (including phenoxy) is 1. The third-order valence-corrected chi connectivity index (χ3v) is 3.73. The minimum atomic E-state index is -0.352. The number of aldehydes is 1. The lowest BCUT2D eigenvalue weighted by atomic mass is 10.1. The highest BCUT2D eigenvalue weighted by Gasteiger charge is 2.11. The van der Waals surface area contributed by atoms with Gasteiger partial charge in [-0.2, -0.15) is 0 Å². The Labute approximate surface area is 127 Å². The Bertz CT molecular complexity index is 626. The van der Waals surface area contributed by atoms with Crippen LogP contribution in [0.15, 0.2) is 53.4 Å². The molecule has 0 saturated carbocycles. The van der Waals surface area contributed by atoms with E-state index in [2.05, 4.69) is 4.72 Å². The van der Waals surface area contributed by atoms with Gasteiger partial charge >= 0.3 is 5.97 Å². The molecule has 0 aromatic heterocycles. The highest BCUT2D eigenvalue weighted by molar-refractivity contribution is 7.97. The van der Waals surface area contributed by atoms with Crippen LogP contribution in [-0.4, -0.2) is 19.4 Å². The van der Waals surface area contributed by atoms with E-state index in [1.165, 1.54) is 19.1 Å². The normalized spacial score (nSPS) is 10.1. The number of nitrogens with one attached hydrogen (secondary N) is 1. The number of benzene rings is 2. The molecule has 0 fully saturated rings. The van der Waals surface area contributed by atoms with Crippen LogP contribution in [0.4, 0.5) is 0 Å². The first-order chi connectivity index (χ1) is 10.2. The van der Waals surface area contributed by atoms with Gasteiger partial charge in [-0.05, 0) is 29.6 Å². The molecular formula is C16H15NO3S. The number of esters is 1. The molecule has 0 aliphatic rings. The zero-order valence-electron chi connectivity index (χ0n) is 11.5. The number of carbonyl (C=O) groups is 2. The van der Waals surface area contributed by atoms with Crippen LogP contribution in [0, 0.1) is 0 Å². The molecule has 0 saturated heterocycles. The smallest absolute Gasteiger partial charge is 0.339 e. The second-order valence-electron chi connectivity index (χ2n) is 4.27. The average molecular weight is 301 g/mol. The molecule has 1 N–H and O–H groups in total. The summed E-state index contributed by atoms with van der Waals surface area (Å²) in [4.78, 5) is 23.0. The van der Waals surface area contributed by atoms with E-state index in [-0.39, 0.29) is 5.97 Å². The second-order valence-corrected chi connectivity index (χ2v) is 5.20. The first kappa shape index (κ1) is 15.3. The van der Waals surface area contributed by atoms with Crippen molar-refractivity contribution in [2.75, 3.05) is 7.11 Å². The minimum absolute atomic E-state index is 0.352. The maximum absolute atomic E-state index is 11.6. The van der Waals surface area contributed by atoms with Gasteiger partial charge in [0.2, 0.25) is 0 Å². The molecule has 0 amide bonds. The average Bonchev–Trinajstić information content (AvgIpc) is 2.55. The van der Waals surface area contributed by atoms with Crippen LogP contribution in [0.2, 0.25) is 0 Å². The van der Waals surface area contributed by atoms with Gasteiger partial charge in [0.25, 0.3) is 0 Å². The van der Waals surface area contributed by atoms with Crippen molar-refractivity contribution < 1.29 is 14.3 Å². The molecule has 0 heterocycles. The largest absolute Gasteiger partial charge is 0.465 e. The highest BCUT2D eigenvalue weighted by atomic mass is 32.2. The molecule has 2 aromatic carbocycles. The lowest BCUT2D eigenvalue weighted by Gasteiger charge is -2.08. The summed E-state index contributed by atoms with van der Waals surface area (Å²) in [5, 5.41) is 0. The van der Waals surface area contributed by atoms with E-state index in [4.69, 9.17) is 4.74 Å². The molecule has 0 atom stereocenters. The number of methoxy groups -OCH3 is 1. The summed E-state index contributed by atoms with van der Waals surface area (Å²) >= 11 is 1.38. The number of rotatable bonds is 6. The van der Waals surface area contributed by atoms with Crippen LogP contribution < -0.4 is 4.72 Å². The lowest BCUT2D eigenvalue weighted by molar-refractivity contribution is 0.0596. The molecule has 5 heteroatoms. The topological polar surface area (TPSA) is 55.4 Å². The molecule has 108 valence electrons. The summed E-state index contributed by atoms with van der Waals surface area (Å²) in [6.07, 6.45) is 0.818. The molecule has 0 aliphatic heterocycles. The Balaban J connectivity index is 1.96. The van der Waals surface area contributed by atoms with E-state index in [0.717, 1.165) is 16.7 Å². The molecule has 2 aromatic rings. The molecule has 0 radical (unpaired) electrons. The predicted octanol–water partition coefficient (Wildman–Crippen LogP) is 3.08. The van der Waals surface area contributed by atoms with Crippen LogP contribution in [-0.2, 0) is 11.3 Å². The van der Waals surface area contributed by atoms with Gasteiger partial charge in [0.05, 0.1) is 12.7 Å². The summed E-state index contributed by atoms with van der Waals surface area (Å²) in [6, 6.07) is 14.6. The number of hydrogen-bond donors (Lipinski definition) is 1. The van der Waals surface area contributed by atoms with Crippen molar-refractivity contribution in [2.45, 2.75) is 11.4 Å². The third kappa shape index (κ3) is 4.18.